The minimum Gasteiger partial charge on any atom is -0.496 e. The molecule has 0 unspecified atom stereocenters. The number of ketones is 1. The molecule has 0 atom stereocenters. The summed E-state index contributed by atoms with van der Waals surface area (Å²) in [6.07, 6.45) is 3.15. The van der Waals surface area contributed by atoms with Crippen molar-refractivity contribution in [3.8, 4) is 22.8 Å². The van der Waals surface area contributed by atoms with Crippen LogP contribution in [-0.2, 0) is 0 Å². The number of carboxylic acids is 1. The molecule has 1 aromatic heterocycles. The first-order chi connectivity index (χ1) is 14.8. The average Bonchev–Trinajstić information content (AvgIpc) is 3.27. The maximum absolute atomic E-state index is 12.5. The standard InChI is InChI=1S/C23H19NO7/c1-30-20-13-21(31-2)17(18-4-3-11-24(18)23(28)29)12-16(20)9-10-19(25)14-5-7-15(8-6-14)22(26)27/h3-13H,1-2H3,(H,26,27)(H,28,29)/b10-9+. The van der Waals surface area contributed by atoms with Crippen LogP contribution in [0.3, 0.4) is 0 Å². The topological polar surface area (TPSA) is 115 Å². The zero-order valence-electron chi connectivity index (χ0n) is 16.7. The fourth-order valence-corrected chi connectivity index (χ4v) is 3.06. The van der Waals surface area contributed by atoms with E-state index < -0.39 is 12.1 Å². The van der Waals surface area contributed by atoms with E-state index in [9.17, 15) is 19.5 Å². The molecule has 8 nitrogen and oxygen atoms in total. The van der Waals surface area contributed by atoms with Crippen LogP contribution < -0.4 is 9.47 Å². The lowest BCUT2D eigenvalue weighted by atomic mass is 10.0. The normalized spacial score (nSPS) is 10.8. The van der Waals surface area contributed by atoms with Gasteiger partial charge in [0, 0.05) is 29.0 Å². The number of hydrogen-bond donors (Lipinski definition) is 2. The van der Waals surface area contributed by atoms with E-state index in [-0.39, 0.29) is 11.3 Å². The summed E-state index contributed by atoms with van der Waals surface area (Å²) in [5.74, 6) is -0.563. The van der Waals surface area contributed by atoms with E-state index in [4.69, 9.17) is 14.6 Å². The Kier molecular flexibility index (Phi) is 6.21. The minimum absolute atomic E-state index is 0.0865. The predicted molar refractivity (Wildman–Crippen MR) is 113 cm³/mol. The van der Waals surface area contributed by atoms with Crippen molar-refractivity contribution >= 4 is 23.9 Å². The number of carbonyl (C=O) groups excluding carboxylic acids is 1. The summed E-state index contributed by atoms with van der Waals surface area (Å²) >= 11 is 0. The summed E-state index contributed by atoms with van der Waals surface area (Å²) in [6.45, 7) is 0. The molecule has 0 radical (unpaired) electrons. The molecule has 0 fully saturated rings. The molecule has 158 valence electrons. The highest BCUT2D eigenvalue weighted by atomic mass is 16.5. The Morgan fingerprint density at radius 2 is 1.55 bits per heavy atom. The number of benzene rings is 2. The van der Waals surface area contributed by atoms with Gasteiger partial charge in [-0.25, -0.2) is 9.59 Å². The third-order valence-electron chi connectivity index (χ3n) is 4.61. The smallest absolute Gasteiger partial charge is 0.416 e. The predicted octanol–water partition coefficient (Wildman–Crippen LogP) is 4.29. The molecule has 0 spiro atoms. The van der Waals surface area contributed by atoms with Gasteiger partial charge in [0.2, 0.25) is 0 Å². The second-order valence-electron chi connectivity index (χ2n) is 6.42. The van der Waals surface area contributed by atoms with E-state index in [1.54, 1.807) is 30.3 Å². The molecule has 31 heavy (non-hydrogen) atoms. The average molecular weight is 421 g/mol. The van der Waals surface area contributed by atoms with E-state index in [0.717, 1.165) is 4.57 Å². The summed E-state index contributed by atoms with van der Waals surface area (Å²) in [4.78, 5) is 35.0. The Morgan fingerprint density at radius 3 is 2.13 bits per heavy atom. The lowest BCUT2D eigenvalue weighted by Crippen LogP contribution is -2.08. The quantitative estimate of drug-likeness (QED) is 0.432. The van der Waals surface area contributed by atoms with Gasteiger partial charge in [-0.2, -0.15) is 0 Å². The maximum Gasteiger partial charge on any atom is 0.416 e. The second kappa shape index (κ2) is 9.00. The molecule has 2 aromatic carbocycles. The first kappa shape index (κ1) is 21.4. The van der Waals surface area contributed by atoms with Crippen molar-refractivity contribution in [3.05, 3.63) is 77.5 Å². The summed E-state index contributed by atoms with van der Waals surface area (Å²) in [7, 11) is 2.93. The number of nitrogens with zero attached hydrogens (tertiary/aromatic N) is 1. The Balaban J connectivity index is 2.00. The van der Waals surface area contributed by atoms with Crippen molar-refractivity contribution in [2.24, 2.45) is 0 Å². The summed E-state index contributed by atoms with van der Waals surface area (Å²) < 4.78 is 11.9. The zero-order valence-corrected chi connectivity index (χ0v) is 16.7. The molecule has 1 heterocycles. The molecule has 8 heteroatoms. The van der Waals surface area contributed by atoms with Gasteiger partial charge >= 0.3 is 12.1 Å². The van der Waals surface area contributed by atoms with Gasteiger partial charge in [-0.05, 0) is 42.5 Å². The molecule has 0 amide bonds. The van der Waals surface area contributed by atoms with Crippen molar-refractivity contribution in [1.29, 1.82) is 0 Å². The molecule has 0 aliphatic carbocycles. The van der Waals surface area contributed by atoms with Gasteiger partial charge < -0.3 is 19.7 Å². The zero-order chi connectivity index (χ0) is 22.5. The molecular weight excluding hydrogens is 402 g/mol. The highest BCUT2D eigenvalue weighted by molar-refractivity contribution is 6.07. The molecule has 3 rings (SSSR count). The van der Waals surface area contributed by atoms with Crippen LogP contribution in [0.2, 0.25) is 0 Å². The van der Waals surface area contributed by atoms with E-state index in [2.05, 4.69) is 0 Å². The van der Waals surface area contributed by atoms with Crippen LogP contribution in [0.15, 0.2) is 60.8 Å². The van der Waals surface area contributed by atoms with Crippen LogP contribution in [-0.4, -0.2) is 46.8 Å². The van der Waals surface area contributed by atoms with Gasteiger partial charge in [-0.15, -0.1) is 0 Å². The lowest BCUT2D eigenvalue weighted by molar-refractivity contribution is 0.0696. The summed E-state index contributed by atoms with van der Waals surface area (Å²) in [6, 6.07) is 12.1. The van der Waals surface area contributed by atoms with Crippen molar-refractivity contribution in [2.45, 2.75) is 0 Å². The number of rotatable bonds is 7. The molecule has 2 N–H and O–H groups in total. The fraction of sp³-hybridized carbons (Fsp3) is 0.0870. The van der Waals surface area contributed by atoms with Crippen LogP contribution in [0.4, 0.5) is 4.79 Å². The van der Waals surface area contributed by atoms with Gasteiger partial charge in [0.15, 0.2) is 5.78 Å². The Hall–Kier alpha value is -4.33. The van der Waals surface area contributed by atoms with Gasteiger partial charge in [0.05, 0.1) is 25.5 Å². The number of allylic oxidation sites excluding steroid dienone is 1. The van der Waals surface area contributed by atoms with Crippen LogP contribution in [0.25, 0.3) is 17.3 Å². The van der Waals surface area contributed by atoms with Crippen molar-refractivity contribution in [1.82, 2.24) is 4.57 Å². The Labute approximate surface area is 177 Å². The van der Waals surface area contributed by atoms with Gasteiger partial charge in [0.1, 0.15) is 11.5 Å². The Bertz CT molecular complexity index is 1170. The molecular formula is C23H19NO7. The molecule has 0 saturated carbocycles. The molecule has 0 bridgehead atoms. The SMILES string of the molecule is COc1cc(OC)c(-c2cccn2C(=O)O)cc1/C=C/C(=O)c1ccc(C(=O)O)cc1. The summed E-state index contributed by atoms with van der Waals surface area (Å²) in [5, 5.41) is 18.4. The first-order valence-electron chi connectivity index (χ1n) is 9.08. The van der Waals surface area contributed by atoms with Gasteiger partial charge in [0.25, 0.3) is 0 Å². The number of carbonyl (C=O) groups is 3. The highest BCUT2D eigenvalue weighted by Crippen LogP contribution is 2.37. The monoisotopic (exact) mass is 421 g/mol. The Morgan fingerprint density at radius 1 is 0.903 bits per heavy atom. The molecule has 0 saturated heterocycles. The number of ether oxygens (including phenoxy) is 2. The minimum atomic E-state index is -1.14. The highest BCUT2D eigenvalue weighted by Gasteiger charge is 2.17. The second-order valence-corrected chi connectivity index (χ2v) is 6.42. The van der Waals surface area contributed by atoms with E-state index >= 15 is 0 Å². The first-order valence-corrected chi connectivity index (χ1v) is 9.08. The van der Waals surface area contributed by atoms with Gasteiger partial charge in [-0.1, -0.05) is 12.1 Å². The van der Waals surface area contributed by atoms with Crippen molar-refractivity contribution in [3.63, 3.8) is 0 Å². The fourth-order valence-electron chi connectivity index (χ4n) is 3.06. The van der Waals surface area contributed by atoms with Crippen LogP contribution in [0, 0.1) is 0 Å². The number of aromatic carboxylic acids is 1. The number of methoxy groups -OCH3 is 2. The number of hydrogen-bond acceptors (Lipinski definition) is 5. The van der Waals surface area contributed by atoms with Crippen molar-refractivity contribution in [2.75, 3.05) is 14.2 Å². The maximum atomic E-state index is 12.5. The lowest BCUT2D eigenvalue weighted by Gasteiger charge is -2.14. The third-order valence-corrected chi connectivity index (χ3v) is 4.61. The molecule has 0 aliphatic rings. The van der Waals surface area contributed by atoms with Crippen LogP contribution >= 0.6 is 0 Å². The molecule has 3 aromatic rings. The van der Waals surface area contributed by atoms with E-state index in [1.165, 1.54) is 50.8 Å². The molecule has 0 aliphatic heterocycles. The summed E-state index contributed by atoms with van der Waals surface area (Å²) in [5.41, 5.74) is 1.86. The van der Waals surface area contributed by atoms with Gasteiger partial charge in [-0.3, -0.25) is 9.36 Å². The largest absolute Gasteiger partial charge is 0.496 e. The van der Waals surface area contributed by atoms with E-state index in [1.807, 2.05) is 0 Å². The third kappa shape index (κ3) is 4.48. The van der Waals surface area contributed by atoms with E-state index in [0.29, 0.717) is 33.9 Å². The number of carboxylic acid groups (broad SMARTS) is 2. The number of aromatic nitrogens is 1. The van der Waals surface area contributed by atoms with Crippen LogP contribution in [0.1, 0.15) is 26.3 Å². The van der Waals surface area contributed by atoms with Crippen LogP contribution in [0.5, 0.6) is 11.5 Å². The van der Waals surface area contributed by atoms with Crippen molar-refractivity contribution < 1.29 is 34.1 Å².